The molecule has 3 rings (SSSR count). The Bertz CT molecular complexity index is 747. The summed E-state index contributed by atoms with van der Waals surface area (Å²) in [4.78, 5) is 36.3. The Labute approximate surface area is 160 Å². The van der Waals surface area contributed by atoms with Crippen molar-refractivity contribution in [3.05, 3.63) is 52.8 Å². The summed E-state index contributed by atoms with van der Waals surface area (Å²) in [7, 11) is 0. The fourth-order valence-electron chi connectivity index (χ4n) is 2.66. The van der Waals surface area contributed by atoms with Gasteiger partial charge in [-0.25, -0.2) is 9.97 Å². The van der Waals surface area contributed by atoms with E-state index in [-0.39, 0.29) is 18.9 Å². The van der Waals surface area contributed by atoms with Crippen LogP contribution in [0.5, 0.6) is 0 Å². The largest absolute Gasteiger partial charge is 0.455 e. The molecule has 0 aliphatic carbocycles. The zero-order valence-electron chi connectivity index (χ0n) is 14.2. The van der Waals surface area contributed by atoms with Crippen molar-refractivity contribution in [1.82, 2.24) is 14.9 Å². The Kier molecular flexibility index (Phi) is 6.17. The van der Waals surface area contributed by atoms with Crippen LogP contribution in [0.4, 0.5) is 5.95 Å². The summed E-state index contributed by atoms with van der Waals surface area (Å²) >= 11 is 3.35. The lowest BCUT2D eigenvalue weighted by molar-refractivity contribution is -0.151. The van der Waals surface area contributed by atoms with Crippen molar-refractivity contribution in [2.45, 2.75) is 6.42 Å². The van der Waals surface area contributed by atoms with E-state index in [1.807, 2.05) is 29.2 Å². The second-order valence-corrected chi connectivity index (χ2v) is 6.80. The Balaban J connectivity index is 1.41. The number of rotatable bonds is 5. The first-order valence-electron chi connectivity index (χ1n) is 8.31. The number of nitrogens with zero attached hydrogens (tertiary/aromatic N) is 4. The van der Waals surface area contributed by atoms with E-state index in [9.17, 15) is 9.59 Å². The smallest absolute Gasteiger partial charge is 0.310 e. The number of piperazine rings is 1. The molecule has 8 heteroatoms. The average Bonchev–Trinajstić information content (AvgIpc) is 2.69. The minimum atomic E-state index is -0.406. The van der Waals surface area contributed by atoms with Gasteiger partial charge in [0.25, 0.3) is 5.91 Å². The molecular weight excluding hydrogens is 400 g/mol. The van der Waals surface area contributed by atoms with Gasteiger partial charge in [0.15, 0.2) is 6.61 Å². The van der Waals surface area contributed by atoms with Gasteiger partial charge in [-0.3, -0.25) is 9.59 Å². The Morgan fingerprint density at radius 1 is 1.04 bits per heavy atom. The van der Waals surface area contributed by atoms with Crippen LogP contribution in [0.3, 0.4) is 0 Å². The lowest BCUT2D eigenvalue weighted by Crippen LogP contribution is -2.50. The molecule has 26 heavy (non-hydrogen) atoms. The minimum Gasteiger partial charge on any atom is -0.455 e. The number of amides is 1. The number of halogens is 1. The predicted octanol–water partition coefficient (Wildman–Crippen LogP) is 1.67. The Morgan fingerprint density at radius 3 is 2.35 bits per heavy atom. The second kappa shape index (κ2) is 8.75. The molecule has 1 aromatic carbocycles. The number of carbonyl (C=O) groups is 2. The molecule has 7 nitrogen and oxygen atoms in total. The number of hydrogen-bond acceptors (Lipinski definition) is 6. The van der Waals surface area contributed by atoms with Gasteiger partial charge in [0.2, 0.25) is 5.95 Å². The summed E-state index contributed by atoms with van der Waals surface area (Å²) in [6.45, 7) is 2.20. The summed E-state index contributed by atoms with van der Waals surface area (Å²) in [6, 6.07) is 9.19. The van der Waals surface area contributed by atoms with Gasteiger partial charge in [-0.15, -0.1) is 0 Å². The molecule has 0 N–H and O–H groups in total. The van der Waals surface area contributed by atoms with E-state index in [2.05, 4.69) is 25.9 Å². The van der Waals surface area contributed by atoms with Gasteiger partial charge in [0, 0.05) is 43.0 Å². The highest BCUT2D eigenvalue weighted by Gasteiger charge is 2.23. The van der Waals surface area contributed by atoms with Gasteiger partial charge in [-0.2, -0.15) is 0 Å². The lowest BCUT2D eigenvalue weighted by atomic mass is 10.2. The third kappa shape index (κ3) is 5.01. The van der Waals surface area contributed by atoms with Crippen molar-refractivity contribution in [1.29, 1.82) is 0 Å². The fourth-order valence-corrected chi connectivity index (χ4v) is 2.93. The quantitative estimate of drug-likeness (QED) is 0.687. The SMILES string of the molecule is O=C(Cc1ccc(Br)cc1)OCC(=O)N1CCN(c2ncccn2)CC1. The van der Waals surface area contributed by atoms with Crippen LogP contribution in [-0.4, -0.2) is 59.5 Å². The zero-order valence-corrected chi connectivity index (χ0v) is 15.8. The standard InChI is InChI=1S/C18H19BrN4O3/c19-15-4-2-14(3-5-15)12-17(25)26-13-16(24)22-8-10-23(11-9-22)18-20-6-1-7-21-18/h1-7H,8-13H2. The zero-order chi connectivity index (χ0) is 18.4. The van der Waals surface area contributed by atoms with E-state index in [0.717, 1.165) is 10.0 Å². The summed E-state index contributed by atoms with van der Waals surface area (Å²) < 4.78 is 6.07. The third-order valence-corrected chi connectivity index (χ3v) is 4.61. The van der Waals surface area contributed by atoms with E-state index >= 15 is 0 Å². The molecule has 1 fully saturated rings. The number of esters is 1. The van der Waals surface area contributed by atoms with Gasteiger partial charge in [0.1, 0.15) is 0 Å². The predicted molar refractivity (Wildman–Crippen MR) is 99.6 cm³/mol. The van der Waals surface area contributed by atoms with Crippen molar-refractivity contribution in [2.75, 3.05) is 37.7 Å². The van der Waals surface area contributed by atoms with Crippen molar-refractivity contribution < 1.29 is 14.3 Å². The number of aromatic nitrogens is 2. The van der Waals surface area contributed by atoms with E-state index < -0.39 is 5.97 Å². The van der Waals surface area contributed by atoms with Crippen LogP contribution in [0.2, 0.25) is 0 Å². The Hall–Kier alpha value is -2.48. The maximum absolute atomic E-state index is 12.2. The topological polar surface area (TPSA) is 75.6 Å². The number of benzene rings is 1. The molecule has 2 heterocycles. The van der Waals surface area contributed by atoms with Crippen LogP contribution in [0.1, 0.15) is 5.56 Å². The van der Waals surface area contributed by atoms with Crippen molar-refractivity contribution in [2.24, 2.45) is 0 Å². The van der Waals surface area contributed by atoms with Gasteiger partial charge < -0.3 is 14.5 Å². The number of ether oxygens (including phenoxy) is 1. The molecule has 0 bridgehead atoms. The normalized spacial score (nSPS) is 14.2. The molecule has 0 spiro atoms. The molecule has 1 saturated heterocycles. The molecule has 136 valence electrons. The molecule has 0 saturated carbocycles. The highest BCUT2D eigenvalue weighted by atomic mass is 79.9. The highest BCUT2D eigenvalue weighted by molar-refractivity contribution is 9.10. The van der Waals surface area contributed by atoms with Crippen LogP contribution < -0.4 is 4.90 Å². The van der Waals surface area contributed by atoms with Crippen LogP contribution in [0, 0.1) is 0 Å². The summed E-state index contributed by atoms with van der Waals surface area (Å²) in [6.07, 6.45) is 3.55. The molecule has 1 aliphatic heterocycles. The van der Waals surface area contributed by atoms with Gasteiger partial charge >= 0.3 is 5.97 Å². The first-order chi connectivity index (χ1) is 12.6. The maximum Gasteiger partial charge on any atom is 0.310 e. The summed E-state index contributed by atoms with van der Waals surface area (Å²) in [5.41, 5.74) is 0.849. The van der Waals surface area contributed by atoms with E-state index in [0.29, 0.717) is 32.1 Å². The number of anilines is 1. The molecule has 1 aromatic heterocycles. The molecule has 0 atom stereocenters. The maximum atomic E-state index is 12.2. The van der Waals surface area contributed by atoms with Gasteiger partial charge in [0.05, 0.1) is 6.42 Å². The van der Waals surface area contributed by atoms with Crippen molar-refractivity contribution in [3.63, 3.8) is 0 Å². The molecule has 2 aromatic rings. The van der Waals surface area contributed by atoms with E-state index in [4.69, 9.17) is 4.74 Å². The third-order valence-electron chi connectivity index (χ3n) is 4.09. The molecule has 1 amide bonds. The monoisotopic (exact) mass is 418 g/mol. The molecule has 0 unspecified atom stereocenters. The minimum absolute atomic E-state index is 0.152. The first-order valence-corrected chi connectivity index (χ1v) is 9.11. The van der Waals surface area contributed by atoms with E-state index in [1.54, 1.807) is 23.4 Å². The van der Waals surface area contributed by atoms with Crippen LogP contribution in [0.15, 0.2) is 47.2 Å². The van der Waals surface area contributed by atoms with Gasteiger partial charge in [-0.05, 0) is 23.8 Å². The first kappa shape index (κ1) is 18.3. The average molecular weight is 419 g/mol. The second-order valence-electron chi connectivity index (χ2n) is 5.88. The molecule has 0 radical (unpaired) electrons. The molecule has 1 aliphatic rings. The van der Waals surface area contributed by atoms with Crippen LogP contribution >= 0.6 is 15.9 Å². The van der Waals surface area contributed by atoms with Crippen molar-refractivity contribution in [3.8, 4) is 0 Å². The summed E-state index contributed by atoms with van der Waals surface area (Å²) in [5, 5.41) is 0. The number of hydrogen-bond donors (Lipinski definition) is 0. The summed E-state index contributed by atoms with van der Waals surface area (Å²) in [5.74, 6) is 0.0836. The van der Waals surface area contributed by atoms with Crippen LogP contribution in [0.25, 0.3) is 0 Å². The molecular formula is C18H19BrN4O3. The lowest BCUT2D eigenvalue weighted by Gasteiger charge is -2.34. The van der Waals surface area contributed by atoms with E-state index in [1.165, 1.54) is 0 Å². The highest BCUT2D eigenvalue weighted by Crippen LogP contribution is 2.12. The fraction of sp³-hybridized carbons (Fsp3) is 0.333. The van der Waals surface area contributed by atoms with Crippen LogP contribution in [-0.2, 0) is 20.7 Å². The van der Waals surface area contributed by atoms with Gasteiger partial charge in [-0.1, -0.05) is 28.1 Å². The van der Waals surface area contributed by atoms with Crippen molar-refractivity contribution >= 4 is 33.8 Å². The Morgan fingerprint density at radius 2 is 1.69 bits per heavy atom. The number of carbonyl (C=O) groups excluding carboxylic acids is 2.